The summed E-state index contributed by atoms with van der Waals surface area (Å²) >= 11 is 1.68. The first-order valence-electron chi connectivity index (χ1n) is 9.97. The summed E-state index contributed by atoms with van der Waals surface area (Å²) in [6, 6.07) is 12.0. The molecule has 3 heterocycles. The Kier molecular flexibility index (Phi) is 5.81. The standard InChI is InChI=1S/C23H24N4O2S/c1-16-5-6-18(14-17(16)2)20-15-21-23(29)26(11-12-27(21)25-20)10-8-22(28)24-9-7-19-4-3-13-30-19/h3-6,11-15H,7-10H2,1-2H3,(H,24,28). The van der Waals surface area contributed by atoms with Crippen LogP contribution in [0.5, 0.6) is 0 Å². The lowest BCUT2D eigenvalue weighted by molar-refractivity contribution is -0.121. The zero-order chi connectivity index (χ0) is 21.1. The molecule has 3 aromatic heterocycles. The molecule has 6 nitrogen and oxygen atoms in total. The zero-order valence-corrected chi connectivity index (χ0v) is 17.9. The molecule has 0 aliphatic carbocycles. The van der Waals surface area contributed by atoms with Crippen molar-refractivity contribution in [3.63, 3.8) is 0 Å². The van der Waals surface area contributed by atoms with Gasteiger partial charge in [-0.15, -0.1) is 11.3 Å². The number of carbonyl (C=O) groups is 1. The summed E-state index contributed by atoms with van der Waals surface area (Å²) in [5, 5.41) is 9.49. The second kappa shape index (κ2) is 8.67. The Morgan fingerprint density at radius 3 is 2.77 bits per heavy atom. The van der Waals surface area contributed by atoms with Crippen LogP contribution < -0.4 is 10.9 Å². The van der Waals surface area contributed by atoms with E-state index in [-0.39, 0.29) is 17.9 Å². The molecule has 154 valence electrons. The number of fused-ring (bicyclic) bond motifs is 1. The molecule has 0 bridgehead atoms. The molecule has 4 aromatic rings. The van der Waals surface area contributed by atoms with E-state index in [9.17, 15) is 9.59 Å². The molecule has 4 rings (SSSR count). The van der Waals surface area contributed by atoms with Crippen LogP contribution in [0.3, 0.4) is 0 Å². The van der Waals surface area contributed by atoms with Crippen LogP contribution in [0.1, 0.15) is 22.4 Å². The predicted molar refractivity (Wildman–Crippen MR) is 120 cm³/mol. The fourth-order valence-electron chi connectivity index (χ4n) is 3.33. The summed E-state index contributed by atoms with van der Waals surface area (Å²) in [5.41, 5.74) is 4.51. The van der Waals surface area contributed by atoms with Crippen LogP contribution in [0, 0.1) is 13.8 Å². The van der Waals surface area contributed by atoms with Gasteiger partial charge in [0.1, 0.15) is 5.52 Å². The predicted octanol–water partition coefficient (Wildman–Crippen LogP) is 3.59. The van der Waals surface area contributed by atoms with Crippen LogP contribution in [-0.2, 0) is 17.8 Å². The number of thiophene rings is 1. The molecule has 0 saturated heterocycles. The quantitative estimate of drug-likeness (QED) is 0.497. The van der Waals surface area contributed by atoms with Gasteiger partial charge in [0.2, 0.25) is 5.91 Å². The first-order valence-corrected chi connectivity index (χ1v) is 10.8. The molecule has 1 aromatic carbocycles. The maximum atomic E-state index is 12.8. The molecule has 30 heavy (non-hydrogen) atoms. The Balaban J connectivity index is 1.43. The second-order valence-corrected chi connectivity index (χ2v) is 8.42. The summed E-state index contributed by atoms with van der Waals surface area (Å²) in [7, 11) is 0. The molecule has 0 atom stereocenters. The van der Waals surface area contributed by atoms with Gasteiger partial charge >= 0.3 is 0 Å². The van der Waals surface area contributed by atoms with Crippen LogP contribution in [-0.4, -0.2) is 26.6 Å². The largest absolute Gasteiger partial charge is 0.356 e. The third-order valence-corrected chi connectivity index (χ3v) is 6.20. The van der Waals surface area contributed by atoms with Gasteiger partial charge in [-0.05, 0) is 55.0 Å². The van der Waals surface area contributed by atoms with Crippen LogP contribution in [0.25, 0.3) is 16.8 Å². The minimum absolute atomic E-state index is 0.0531. The third-order valence-electron chi connectivity index (χ3n) is 5.26. The molecule has 0 radical (unpaired) electrons. The number of benzene rings is 1. The van der Waals surface area contributed by atoms with Gasteiger partial charge in [0.05, 0.1) is 5.69 Å². The Morgan fingerprint density at radius 2 is 2.00 bits per heavy atom. The smallest absolute Gasteiger partial charge is 0.276 e. The number of aromatic nitrogens is 3. The number of carbonyl (C=O) groups excluding carboxylic acids is 1. The highest BCUT2D eigenvalue weighted by Gasteiger charge is 2.11. The zero-order valence-electron chi connectivity index (χ0n) is 17.1. The van der Waals surface area contributed by atoms with Gasteiger partial charge in [0.15, 0.2) is 0 Å². The number of rotatable bonds is 7. The number of amides is 1. The number of aryl methyl sites for hydroxylation is 3. The molecule has 1 amide bonds. The topological polar surface area (TPSA) is 68.4 Å². The van der Waals surface area contributed by atoms with Crippen molar-refractivity contribution in [2.24, 2.45) is 0 Å². The van der Waals surface area contributed by atoms with E-state index in [2.05, 4.69) is 42.5 Å². The van der Waals surface area contributed by atoms with E-state index in [1.807, 2.05) is 23.6 Å². The van der Waals surface area contributed by atoms with E-state index in [1.165, 1.54) is 16.0 Å². The molecule has 0 aliphatic rings. The Bertz CT molecular complexity index is 1240. The van der Waals surface area contributed by atoms with Crippen molar-refractivity contribution in [1.29, 1.82) is 0 Å². The first-order chi connectivity index (χ1) is 14.5. The van der Waals surface area contributed by atoms with Crippen LogP contribution in [0.2, 0.25) is 0 Å². The van der Waals surface area contributed by atoms with Crippen molar-refractivity contribution >= 4 is 22.8 Å². The van der Waals surface area contributed by atoms with Crippen molar-refractivity contribution in [3.05, 3.63) is 80.5 Å². The van der Waals surface area contributed by atoms with Gasteiger partial charge in [-0.25, -0.2) is 4.52 Å². The minimum atomic E-state index is -0.147. The molecule has 1 N–H and O–H groups in total. The highest BCUT2D eigenvalue weighted by Crippen LogP contribution is 2.21. The summed E-state index contributed by atoms with van der Waals surface area (Å²) < 4.78 is 3.17. The van der Waals surface area contributed by atoms with E-state index in [0.717, 1.165) is 17.7 Å². The highest BCUT2D eigenvalue weighted by molar-refractivity contribution is 7.09. The van der Waals surface area contributed by atoms with Crippen molar-refractivity contribution in [3.8, 4) is 11.3 Å². The minimum Gasteiger partial charge on any atom is -0.356 e. The summed E-state index contributed by atoms with van der Waals surface area (Å²) in [5.74, 6) is -0.0531. The number of nitrogens with one attached hydrogen (secondary N) is 1. The summed E-state index contributed by atoms with van der Waals surface area (Å²) in [4.78, 5) is 26.2. The van der Waals surface area contributed by atoms with Crippen LogP contribution in [0.4, 0.5) is 0 Å². The average Bonchev–Trinajstić information content (AvgIpc) is 3.40. The van der Waals surface area contributed by atoms with Gasteiger partial charge in [-0.3, -0.25) is 9.59 Å². The molecule has 0 fully saturated rings. The molecule has 0 spiro atoms. The molecule has 0 aliphatic heterocycles. The van der Waals surface area contributed by atoms with E-state index in [4.69, 9.17) is 0 Å². The monoisotopic (exact) mass is 420 g/mol. The third kappa shape index (κ3) is 4.36. The summed E-state index contributed by atoms with van der Waals surface area (Å²) in [6.45, 7) is 5.08. The lowest BCUT2D eigenvalue weighted by Crippen LogP contribution is -2.29. The van der Waals surface area contributed by atoms with Crippen molar-refractivity contribution in [2.45, 2.75) is 33.2 Å². The number of nitrogens with zero attached hydrogens (tertiary/aromatic N) is 3. The maximum absolute atomic E-state index is 12.8. The fourth-order valence-corrected chi connectivity index (χ4v) is 4.04. The van der Waals surface area contributed by atoms with Crippen LogP contribution >= 0.6 is 11.3 Å². The van der Waals surface area contributed by atoms with Gasteiger partial charge in [-0.1, -0.05) is 18.2 Å². The lowest BCUT2D eigenvalue weighted by atomic mass is 10.0. The lowest BCUT2D eigenvalue weighted by Gasteiger charge is -2.07. The molecular formula is C23H24N4O2S. The second-order valence-electron chi connectivity index (χ2n) is 7.38. The van der Waals surface area contributed by atoms with E-state index >= 15 is 0 Å². The Hall–Kier alpha value is -3.19. The van der Waals surface area contributed by atoms with Crippen LogP contribution in [0.15, 0.2) is 59.0 Å². The van der Waals surface area contributed by atoms with Gasteiger partial charge in [0.25, 0.3) is 5.56 Å². The van der Waals surface area contributed by atoms with Gasteiger partial charge in [-0.2, -0.15) is 5.10 Å². The normalized spacial score (nSPS) is 11.1. The average molecular weight is 421 g/mol. The van der Waals surface area contributed by atoms with Gasteiger partial charge in [0, 0.05) is 42.3 Å². The SMILES string of the molecule is Cc1ccc(-c2cc3c(=O)n(CCC(=O)NCCc4cccs4)ccn3n2)cc1C. The number of hydrogen-bond donors (Lipinski definition) is 1. The number of hydrogen-bond acceptors (Lipinski definition) is 4. The van der Waals surface area contributed by atoms with Crippen molar-refractivity contribution in [2.75, 3.05) is 6.54 Å². The maximum Gasteiger partial charge on any atom is 0.276 e. The van der Waals surface area contributed by atoms with Crippen molar-refractivity contribution < 1.29 is 4.79 Å². The molecule has 0 unspecified atom stereocenters. The molecular weight excluding hydrogens is 396 g/mol. The van der Waals surface area contributed by atoms with E-state index in [0.29, 0.717) is 18.6 Å². The van der Waals surface area contributed by atoms with E-state index < -0.39 is 0 Å². The first kappa shape index (κ1) is 20.1. The van der Waals surface area contributed by atoms with Crippen molar-refractivity contribution in [1.82, 2.24) is 19.5 Å². The summed E-state index contributed by atoms with van der Waals surface area (Å²) in [6.07, 6.45) is 4.53. The van der Waals surface area contributed by atoms with Gasteiger partial charge < -0.3 is 9.88 Å². The molecule has 7 heteroatoms. The highest BCUT2D eigenvalue weighted by atomic mass is 32.1. The van der Waals surface area contributed by atoms with E-state index in [1.54, 1.807) is 32.8 Å². The molecule has 0 saturated carbocycles. The Labute approximate surface area is 178 Å². The Morgan fingerprint density at radius 1 is 1.13 bits per heavy atom. The fraction of sp³-hybridized carbons (Fsp3) is 0.261.